The highest BCUT2D eigenvalue weighted by Crippen LogP contribution is 2.31. The third kappa shape index (κ3) is 3.63. The molecule has 0 saturated carbocycles. The summed E-state index contributed by atoms with van der Waals surface area (Å²) >= 11 is 0. The summed E-state index contributed by atoms with van der Waals surface area (Å²) < 4.78 is 9.93. The predicted octanol–water partition coefficient (Wildman–Crippen LogP) is 3.16. The van der Waals surface area contributed by atoms with Crippen LogP contribution in [0.25, 0.3) is 17.2 Å². The molecule has 0 spiro atoms. The van der Waals surface area contributed by atoms with E-state index in [4.69, 9.17) is 9.72 Å². The third-order valence-electron chi connectivity index (χ3n) is 6.00. The molecule has 0 bridgehead atoms. The summed E-state index contributed by atoms with van der Waals surface area (Å²) in [5, 5.41) is 0. The number of aromatic nitrogens is 4. The van der Waals surface area contributed by atoms with E-state index in [2.05, 4.69) is 4.90 Å². The summed E-state index contributed by atoms with van der Waals surface area (Å²) in [5.74, 6) is 1.45. The summed E-state index contributed by atoms with van der Waals surface area (Å²) in [7, 11) is 3.30. The van der Waals surface area contributed by atoms with Crippen molar-refractivity contribution in [1.82, 2.24) is 18.7 Å². The molecule has 3 heterocycles. The van der Waals surface area contributed by atoms with E-state index in [-0.39, 0.29) is 17.8 Å². The number of ether oxygens (including phenoxy) is 1. The molecule has 0 saturated heterocycles. The fourth-order valence-electron chi connectivity index (χ4n) is 4.29. The van der Waals surface area contributed by atoms with Gasteiger partial charge in [0.1, 0.15) is 5.75 Å². The first-order valence-corrected chi connectivity index (χ1v) is 10.9. The molecular weight excluding hydrogens is 418 g/mol. The van der Waals surface area contributed by atoms with Crippen molar-refractivity contribution in [3.63, 3.8) is 0 Å². The molecule has 0 aliphatic carbocycles. The van der Waals surface area contributed by atoms with Crippen LogP contribution >= 0.6 is 0 Å². The van der Waals surface area contributed by atoms with Gasteiger partial charge in [-0.25, -0.2) is 4.79 Å². The zero-order valence-electron chi connectivity index (χ0n) is 18.6. The average molecular weight is 444 g/mol. The highest BCUT2D eigenvalue weighted by atomic mass is 16.5. The van der Waals surface area contributed by atoms with E-state index >= 15 is 0 Å². The first-order chi connectivity index (χ1) is 16.1. The van der Waals surface area contributed by atoms with Gasteiger partial charge >= 0.3 is 5.69 Å². The van der Waals surface area contributed by atoms with Gasteiger partial charge in [0.05, 0.1) is 7.11 Å². The van der Waals surface area contributed by atoms with Crippen molar-refractivity contribution in [1.29, 1.82) is 0 Å². The minimum absolute atomic E-state index is 0.194. The van der Waals surface area contributed by atoms with Crippen molar-refractivity contribution in [2.24, 2.45) is 7.05 Å². The zero-order chi connectivity index (χ0) is 22.9. The summed E-state index contributed by atoms with van der Waals surface area (Å²) in [6.45, 7) is 1.64. The average Bonchev–Trinajstić information content (AvgIpc) is 3.26. The monoisotopic (exact) mass is 443 g/mol. The Labute approximate surface area is 190 Å². The Morgan fingerprint density at radius 1 is 1.03 bits per heavy atom. The maximum atomic E-state index is 13.4. The largest absolute Gasteiger partial charge is 0.497 e. The Bertz CT molecular complexity index is 1450. The van der Waals surface area contributed by atoms with Gasteiger partial charge in [0.25, 0.3) is 5.56 Å². The van der Waals surface area contributed by atoms with Crippen LogP contribution in [0.4, 0.5) is 11.6 Å². The van der Waals surface area contributed by atoms with Crippen molar-refractivity contribution < 1.29 is 4.74 Å². The molecule has 0 N–H and O–H groups in total. The van der Waals surface area contributed by atoms with Gasteiger partial charge in [-0.15, -0.1) is 0 Å². The molecule has 0 atom stereocenters. The number of imidazole rings is 1. The SMILES string of the molecule is COc1ccc(N2CCCn3c2nc2c3c(=O)n(CC=Cc3ccccc3)c(=O)n2C)cc1. The molecule has 8 nitrogen and oxygen atoms in total. The van der Waals surface area contributed by atoms with E-state index in [9.17, 15) is 9.59 Å². The molecule has 0 fully saturated rings. The second kappa shape index (κ2) is 8.46. The number of methoxy groups -OCH3 is 1. The van der Waals surface area contributed by atoms with E-state index < -0.39 is 0 Å². The zero-order valence-corrected chi connectivity index (χ0v) is 18.6. The van der Waals surface area contributed by atoms with Crippen LogP contribution in [0.2, 0.25) is 0 Å². The second-order valence-corrected chi connectivity index (χ2v) is 8.01. The van der Waals surface area contributed by atoms with Gasteiger partial charge in [0.15, 0.2) is 11.2 Å². The molecule has 5 rings (SSSR count). The van der Waals surface area contributed by atoms with Gasteiger partial charge in [-0.3, -0.25) is 13.9 Å². The highest BCUT2D eigenvalue weighted by Gasteiger charge is 2.26. The van der Waals surface area contributed by atoms with Crippen LogP contribution in [0.1, 0.15) is 12.0 Å². The Morgan fingerprint density at radius 2 is 1.79 bits per heavy atom. The summed E-state index contributed by atoms with van der Waals surface area (Å²) in [5.41, 5.74) is 2.14. The number of hydrogen-bond donors (Lipinski definition) is 0. The van der Waals surface area contributed by atoms with Gasteiger partial charge in [-0.2, -0.15) is 4.98 Å². The lowest BCUT2D eigenvalue weighted by Crippen LogP contribution is -2.39. The van der Waals surface area contributed by atoms with E-state index in [0.717, 1.165) is 30.0 Å². The summed E-state index contributed by atoms with van der Waals surface area (Å²) in [6.07, 6.45) is 4.61. The molecule has 2 aromatic heterocycles. The Morgan fingerprint density at radius 3 is 2.52 bits per heavy atom. The van der Waals surface area contributed by atoms with Crippen LogP contribution in [0.15, 0.2) is 70.3 Å². The number of anilines is 2. The molecule has 2 aromatic carbocycles. The van der Waals surface area contributed by atoms with Crippen molar-refractivity contribution in [2.75, 3.05) is 18.6 Å². The molecule has 0 unspecified atom stereocenters. The lowest BCUT2D eigenvalue weighted by Gasteiger charge is -2.29. The van der Waals surface area contributed by atoms with Gasteiger partial charge in [-0.1, -0.05) is 42.5 Å². The van der Waals surface area contributed by atoms with Crippen molar-refractivity contribution >= 4 is 28.9 Å². The molecule has 168 valence electrons. The van der Waals surface area contributed by atoms with Crippen molar-refractivity contribution in [2.45, 2.75) is 19.5 Å². The first-order valence-electron chi connectivity index (χ1n) is 10.9. The maximum Gasteiger partial charge on any atom is 0.332 e. The van der Waals surface area contributed by atoms with Crippen LogP contribution in [-0.2, 0) is 20.1 Å². The predicted molar refractivity (Wildman–Crippen MR) is 129 cm³/mol. The van der Waals surface area contributed by atoms with Gasteiger partial charge in [-0.05, 0) is 36.2 Å². The first kappa shape index (κ1) is 20.8. The van der Waals surface area contributed by atoms with Crippen LogP contribution in [-0.4, -0.2) is 32.3 Å². The number of rotatable bonds is 5. The third-order valence-corrected chi connectivity index (χ3v) is 6.00. The molecule has 1 aliphatic heterocycles. The van der Waals surface area contributed by atoms with Crippen LogP contribution in [0.3, 0.4) is 0 Å². The van der Waals surface area contributed by atoms with E-state index in [1.807, 2.05) is 71.3 Å². The minimum Gasteiger partial charge on any atom is -0.497 e. The van der Waals surface area contributed by atoms with E-state index in [1.165, 1.54) is 9.13 Å². The smallest absolute Gasteiger partial charge is 0.332 e. The van der Waals surface area contributed by atoms with E-state index in [0.29, 0.717) is 23.7 Å². The molecule has 33 heavy (non-hydrogen) atoms. The fourth-order valence-corrected chi connectivity index (χ4v) is 4.29. The lowest BCUT2D eigenvalue weighted by molar-refractivity contribution is 0.415. The van der Waals surface area contributed by atoms with Crippen molar-refractivity contribution in [3.8, 4) is 5.75 Å². The Kier molecular flexibility index (Phi) is 5.34. The number of allylic oxidation sites excluding steroid dienone is 1. The number of benzene rings is 2. The number of aryl methyl sites for hydroxylation is 2. The van der Waals surface area contributed by atoms with Crippen LogP contribution in [0, 0.1) is 0 Å². The van der Waals surface area contributed by atoms with Gasteiger partial charge in [0.2, 0.25) is 5.95 Å². The molecule has 0 amide bonds. The fraction of sp³-hybridized carbons (Fsp3) is 0.240. The number of fused-ring (bicyclic) bond motifs is 3. The summed E-state index contributed by atoms with van der Waals surface area (Å²) in [6, 6.07) is 17.5. The molecule has 8 heteroatoms. The second-order valence-electron chi connectivity index (χ2n) is 8.01. The number of nitrogens with zero attached hydrogens (tertiary/aromatic N) is 5. The van der Waals surface area contributed by atoms with Crippen molar-refractivity contribution in [3.05, 3.63) is 87.1 Å². The lowest BCUT2D eigenvalue weighted by atomic mass is 10.2. The molecule has 4 aromatic rings. The van der Waals surface area contributed by atoms with Crippen LogP contribution < -0.4 is 20.9 Å². The van der Waals surface area contributed by atoms with E-state index in [1.54, 1.807) is 14.2 Å². The molecule has 1 aliphatic rings. The Balaban J connectivity index is 1.58. The molecular formula is C25H25N5O3. The number of hydrogen-bond acceptors (Lipinski definition) is 5. The van der Waals surface area contributed by atoms with Gasteiger partial charge in [0, 0.05) is 32.4 Å². The maximum absolute atomic E-state index is 13.4. The standard InChI is InChI=1S/C25H25N5O3/c1-27-22-21(23(31)30(25(27)32)15-6-10-18-8-4-3-5-9-18)29-17-7-16-28(24(29)26-22)19-11-13-20(33-2)14-12-19/h3-6,8-14H,7,15-17H2,1-2H3. The van der Waals surface area contributed by atoms with Crippen LogP contribution in [0.5, 0.6) is 5.75 Å². The quantitative estimate of drug-likeness (QED) is 0.474. The Hall–Kier alpha value is -4.07. The summed E-state index contributed by atoms with van der Waals surface area (Å²) in [4.78, 5) is 33.2. The highest BCUT2D eigenvalue weighted by molar-refractivity contribution is 5.77. The van der Waals surface area contributed by atoms with Gasteiger partial charge < -0.3 is 14.2 Å². The topological polar surface area (TPSA) is 74.3 Å². The minimum atomic E-state index is -0.378. The molecule has 0 radical (unpaired) electrons. The normalized spacial score (nSPS) is 13.6.